The van der Waals surface area contributed by atoms with E-state index in [2.05, 4.69) is 15.2 Å². The van der Waals surface area contributed by atoms with Gasteiger partial charge in [0.15, 0.2) is 0 Å². The number of rotatable bonds is 4. The van der Waals surface area contributed by atoms with E-state index in [4.69, 9.17) is 0 Å². The van der Waals surface area contributed by atoms with Gasteiger partial charge in [-0.1, -0.05) is 35.9 Å². The van der Waals surface area contributed by atoms with Gasteiger partial charge in [0, 0.05) is 11.8 Å². The second-order valence-electron chi connectivity index (χ2n) is 5.37. The second-order valence-corrected chi connectivity index (χ2v) is 5.37. The van der Waals surface area contributed by atoms with Crippen molar-refractivity contribution in [1.29, 1.82) is 0 Å². The summed E-state index contributed by atoms with van der Waals surface area (Å²) in [5.41, 5.74) is 4.04. The summed E-state index contributed by atoms with van der Waals surface area (Å²) >= 11 is 0. The SMILES string of the molecule is Cc1ccc(N=Cc2cc(N=Nc3ccccc3)ccc2O)cc1. The highest BCUT2D eigenvalue weighted by Gasteiger charge is 2.00. The first kappa shape index (κ1) is 15.6. The molecule has 0 saturated heterocycles. The number of nitrogens with zero attached hydrogens (tertiary/aromatic N) is 3. The molecule has 0 aliphatic heterocycles. The molecule has 0 saturated carbocycles. The van der Waals surface area contributed by atoms with E-state index in [-0.39, 0.29) is 5.75 Å². The number of phenols is 1. The minimum atomic E-state index is 0.157. The molecule has 0 radical (unpaired) electrons. The van der Waals surface area contributed by atoms with Crippen LogP contribution in [0.4, 0.5) is 17.1 Å². The number of hydrogen-bond donors (Lipinski definition) is 1. The average molecular weight is 315 g/mol. The zero-order valence-electron chi connectivity index (χ0n) is 13.3. The summed E-state index contributed by atoms with van der Waals surface area (Å²) in [4.78, 5) is 4.38. The predicted molar refractivity (Wildman–Crippen MR) is 97.2 cm³/mol. The third-order valence-corrected chi connectivity index (χ3v) is 3.43. The third-order valence-electron chi connectivity index (χ3n) is 3.43. The van der Waals surface area contributed by atoms with Crippen molar-refractivity contribution in [2.75, 3.05) is 0 Å². The van der Waals surface area contributed by atoms with Crippen molar-refractivity contribution in [3.05, 3.63) is 83.9 Å². The standard InChI is InChI=1S/C20H17N3O/c1-15-7-9-17(10-8-15)21-14-16-13-19(11-12-20(16)24)23-22-18-5-3-2-4-6-18/h2-14,24H,1H3. The van der Waals surface area contributed by atoms with Crippen LogP contribution in [0.1, 0.15) is 11.1 Å². The van der Waals surface area contributed by atoms with Crippen molar-refractivity contribution in [3.63, 3.8) is 0 Å². The summed E-state index contributed by atoms with van der Waals surface area (Å²) in [6.07, 6.45) is 1.63. The van der Waals surface area contributed by atoms with Gasteiger partial charge < -0.3 is 5.11 Å². The summed E-state index contributed by atoms with van der Waals surface area (Å²) in [6, 6.07) is 22.4. The lowest BCUT2D eigenvalue weighted by Gasteiger charge is -2.00. The topological polar surface area (TPSA) is 57.3 Å². The van der Waals surface area contributed by atoms with Crippen LogP contribution in [0.5, 0.6) is 5.75 Å². The van der Waals surface area contributed by atoms with Crippen LogP contribution in [-0.2, 0) is 0 Å². The Bertz CT molecular complexity index is 869. The van der Waals surface area contributed by atoms with Crippen LogP contribution in [0.3, 0.4) is 0 Å². The van der Waals surface area contributed by atoms with Gasteiger partial charge in [0.2, 0.25) is 0 Å². The van der Waals surface area contributed by atoms with Gasteiger partial charge in [0.1, 0.15) is 5.75 Å². The summed E-state index contributed by atoms with van der Waals surface area (Å²) in [7, 11) is 0. The largest absolute Gasteiger partial charge is 0.507 e. The minimum absolute atomic E-state index is 0.157. The Hall–Kier alpha value is -3.27. The van der Waals surface area contributed by atoms with E-state index in [1.165, 1.54) is 5.56 Å². The zero-order chi connectivity index (χ0) is 16.8. The lowest BCUT2D eigenvalue weighted by atomic mass is 10.2. The van der Waals surface area contributed by atoms with E-state index in [1.807, 2.05) is 61.5 Å². The van der Waals surface area contributed by atoms with Crippen molar-refractivity contribution in [3.8, 4) is 5.75 Å². The van der Waals surface area contributed by atoms with Crippen molar-refractivity contribution >= 4 is 23.3 Å². The molecular formula is C20H17N3O. The number of phenolic OH excluding ortho intramolecular Hbond substituents is 1. The molecule has 0 aliphatic carbocycles. The molecule has 4 heteroatoms. The number of benzene rings is 3. The van der Waals surface area contributed by atoms with Crippen molar-refractivity contribution in [1.82, 2.24) is 0 Å². The normalized spacial score (nSPS) is 11.4. The fraction of sp³-hybridized carbons (Fsp3) is 0.0500. The molecule has 0 atom stereocenters. The zero-order valence-corrected chi connectivity index (χ0v) is 13.3. The highest BCUT2D eigenvalue weighted by atomic mass is 16.3. The quantitative estimate of drug-likeness (QED) is 0.475. The van der Waals surface area contributed by atoms with Crippen LogP contribution in [0.15, 0.2) is 88.0 Å². The van der Waals surface area contributed by atoms with E-state index >= 15 is 0 Å². The first-order chi connectivity index (χ1) is 11.7. The lowest BCUT2D eigenvalue weighted by molar-refractivity contribution is 0.474. The number of azo groups is 1. The van der Waals surface area contributed by atoms with Gasteiger partial charge >= 0.3 is 0 Å². The van der Waals surface area contributed by atoms with Crippen molar-refractivity contribution in [2.45, 2.75) is 6.92 Å². The molecule has 0 fully saturated rings. The predicted octanol–water partition coefficient (Wildman–Crippen LogP) is 5.87. The number of aryl methyl sites for hydroxylation is 1. The first-order valence-electron chi connectivity index (χ1n) is 7.61. The maximum Gasteiger partial charge on any atom is 0.124 e. The molecule has 24 heavy (non-hydrogen) atoms. The van der Waals surface area contributed by atoms with E-state index < -0.39 is 0 Å². The summed E-state index contributed by atoms with van der Waals surface area (Å²) in [5.74, 6) is 0.157. The van der Waals surface area contributed by atoms with Gasteiger partial charge in [-0.3, -0.25) is 4.99 Å². The molecular weight excluding hydrogens is 298 g/mol. The molecule has 3 rings (SSSR count). The molecule has 0 aliphatic rings. The Morgan fingerprint density at radius 1 is 0.750 bits per heavy atom. The van der Waals surface area contributed by atoms with Crippen LogP contribution in [0, 0.1) is 6.92 Å². The van der Waals surface area contributed by atoms with Gasteiger partial charge in [-0.25, -0.2) is 0 Å². The van der Waals surface area contributed by atoms with Crippen LogP contribution in [-0.4, -0.2) is 11.3 Å². The van der Waals surface area contributed by atoms with E-state index in [9.17, 15) is 5.11 Å². The van der Waals surface area contributed by atoms with Crippen molar-refractivity contribution < 1.29 is 5.11 Å². The van der Waals surface area contributed by atoms with Gasteiger partial charge in [-0.05, 0) is 49.4 Å². The van der Waals surface area contributed by atoms with Crippen LogP contribution < -0.4 is 0 Å². The summed E-state index contributed by atoms with van der Waals surface area (Å²) < 4.78 is 0. The molecule has 0 spiro atoms. The molecule has 1 N–H and O–H groups in total. The monoisotopic (exact) mass is 315 g/mol. The van der Waals surface area contributed by atoms with Crippen molar-refractivity contribution in [2.24, 2.45) is 15.2 Å². The molecule has 0 unspecified atom stereocenters. The fourth-order valence-corrected chi connectivity index (χ4v) is 2.09. The highest BCUT2D eigenvalue weighted by molar-refractivity contribution is 5.86. The first-order valence-corrected chi connectivity index (χ1v) is 7.61. The van der Waals surface area contributed by atoms with Gasteiger partial charge in [-0.2, -0.15) is 10.2 Å². The van der Waals surface area contributed by atoms with Crippen LogP contribution >= 0.6 is 0 Å². The molecule has 0 aromatic heterocycles. The molecule has 3 aromatic carbocycles. The second kappa shape index (κ2) is 7.33. The average Bonchev–Trinajstić information content (AvgIpc) is 2.62. The van der Waals surface area contributed by atoms with E-state index in [0.717, 1.165) is 11.4 Å². The molecule has 118 valence electrons. The minimum Gasteiger partial charge on any atom is -0.507 e. The molecule has 4 nitrogen and oxygen atoms in total. The molecule has 3 aromatic rings. The van der Waals surface area contributed by atoms with Crippen LogP contribution in [0.2, 0.25) is 0 Å². The van der Waals surface area contributed by atoms with Gasteiger partial charge in [-0.15, -0.1) is 0 Å². The number of aromatic hydroxyl groups is 1. The molecule has 0 bridgehead atoms. The number of aliphatic imine (C=N–C) groups is 1. The summed E-state index contributed by atoms with van der Waals surface area (Å²) in [6.45, 7) is 2.03. The smallest absolute Gasteiger partial charge is 0.124 e. The third kappa shape index (κ3) is 4.14. The molecule has 0 heterocycles. The van der Waals surface area contributed by atoms with Crippen LogP contribution in [0.25, 0.3) is 0 Å². The highest BCUT2D eigenvalue weighted by Crippen LogP contribution is 2.24. The van der Waals surface area contributed by atoms with Gasteiger partial charge in [0.25, 0.3) is 0 Å². The summed E-state index contributed by atoms with van der Waals surface area (Å²) in [5, 5.41) is 18.3. The van der Waals surface area contributed by atoms with E-state index in [1.54, 1.807) is 24.4 Å². The lowest BCUT2D eigenvalue weighted by Crippen LogP contribution is -1.82. The fourth-order valence-electron chi connectivity index (χ4n) is 2.09. The Balaban J connectivity index is 1.81. The molecule has 0 amide bonds. The number of hydrogen-bond acceptors (Lipinski definition) is 4. The Kier molecular flexibility index (Phi) is 4.77. The maximum absolute atomic E-state index is 9.98. The Labute approximate surface area is 140 Å². The maximum atomic E-state index is 9.98. The van der Waals surface area contributed by atoms with E-state index in [0.29, 0.717) is 11.3 Å². The Morgan fingerprint density at radius 2 is 1.42 bits per heavy atom. The Morgan fingerprint density at radius 3 is 2.17 bits per heavy atom. The van der Waals surface area contributed by atoms with Gasteiger partial charge in [0.05, 0.1) is 17.1 Å².